The first-order valence-corrected chi connectivity index (χ1v) is 3.92. The molecule has 1 N–H and O–H groups in total. The van der Waals surface area contributed by atoms with Gasteiger partial charge in [-0.05, 0) is 31.6 Å². The van der Waals surface area contributed by atoms with Gasteiger partial charge in [0.05, 0.1) is 6.10 Å². The molecule has 0 aromatic carbocycles. The molecular weight excluding hydrogens is 112 g/mol. The summed E-state index contributed by atoms with van der Waals surface area (Å²) in [4.78, 5) is 0. The van der Waals surface area contributed by atoms with E-state index in [2.05, 4.69) is 6.92 Å². The second kappa shape index (κ2) is 2.70. The van der Waals surface area contributed by atoms with E-state index in [4.69, 9.17) is 5.11 Å². The van der Waals surface area contributed by atoms with Crippen LogP contribution in [0.25, 0.3) is 0 Å². The van der Waals surface area contributed by atoms with Gasteiger partial charge in [0.1, 0.15) is 0 Å². The molecule has 1 aliphatic rings. The summed E-state index contributed by atoms with van der Waals surface area (Å²) in [6.07, 6.45) is 3.61. The van der Waals surface area contributed by atoms with E-state index in [9.17, 15) is 0 Å². The third-order valence-electron chi connectivity index (χ3n) is 2.24. The van der Waals surface area contributed by atoms with Crippen LogP contribution in [0.4, 0.5) is 0 Å². The van der Waals surface area contributed by atoms with Crippen molar-refractivity contribution in [1.29, 1.82) is 0 Å². The second-order valence-corrected chi connectivity index (χ2v) is 3.25. The fourth-order valence-electron chi connectivity index (χ4n) is 1.54. The topological polar surface area (TPSA) is 20.2 Å². The fourth-order valence-corrected chi connectivity index (χ4v) is 1.54. The van der Waals surface area contributed by atoms with Gasteiger partial charge in [0.25, 0.3) is 0 Å². The van der Waals surface area contributed by atoms with Crippen LogP contribution in [-0.2, 0) is 0 Å². The fraction of sp³-hybridized carbons (Fsp3) is 1.00. The van der Waals surface area contributed by atoms with E-state index in [0.717, 1.165) is 18.3 Å². The molecule has 0 amide bonds. The number of rotatable bonds is 3. The molecule has 54 valence electrons. The van der Waals surface area contributed by atoms with Crippen LogP contribution in [0.1, 0.15) is 33.1 Å². The molecule has 9 heavy (non-hydrogen) atoms. The van der Waals surface area contributed by atoms with Crippen molar-refractivity contribution in [3.05, 3.63) is 0 Å². The number of hydrogen-bond acceptors (Lipinski definition) is 1. The molecule has 0 aromatic heterocycles. The maximum Gasteiger partial charge on any atom is 0.0514 e. The van der Waals surface area contributed by atoms with Crippen LogP contribution in [0.15, 0.2) is 0 Å². The van der Waals surface area contributed by atoms with Crippen LogP contribution in [0, 0.1) is 11.8 Å². The molecule has 0 radical (unpaired) electrons. The van der Waals surface area contributed by atoms with E-state index in [-0.39, 0.29) is 6.10 Å². The standard InChI is InChI=1S/C8H16O/c1-3-7-5-8(7)4-6(2)9/h6-9H,3-5H2,1-2H3/t6?,7-,8+/m0/s1. The summed E-state index contributed by atoms with van der Waals surface area (Å²) >= 11 is 0. The molecular formula is C8H16O. The summed E-state index contributed by atoms with van der Waals surface area (Å²) < 4.78 is 0. The van der Waals surface area contributed by atoms with Crippen LogP contribution in [-0.4, -0.2) is 11.2 Å². The zero-order valence-corrected chi connectivity index (χ0v) is 6.30. The molecule has 0 heterocycles. The Morgan fingerprint density at radius 2 is 2.22 bits per heavy atom. The zero-order valence-electron chi connectivity index (χ0n) is 6.30. The molecule has 0 spiro atoms. The molecule has 1 saturated carbocycles. The van der Waals surface area contributed by atoms with Gasteiger partial charge in [-0.3, -0.25) is 0 Å². The Balaban J connectivity index is 2.05. The van der Waals surface area contributed by atoms with Crippen molar-refractivity contribution in [3.63, 3.8) is 0 Å². The quantitative estimate of drug-likeness (QED) is 0.614. The molecule has 1 nitrogen and oxygen atoms in total. The minimum absolute atomic E-state index is 0.0773. The van der Waals surface area contributed by atoms with Gasteiger partial charge in [-0.1, -0.05) is 13.3 Å². The van der Waals surface area contributed by atoms with Crippen molar-refractivity contribution < 1.29 is 5.11 Å². The predicted octanol–water partition coefficient (Wildman–Crippen LogP) is 1.80. The van der Waals surface area contributed by atoms with E-state index in [1.54, 1.807) is 0 Å². The monoisotopic (exact) mass is 128 g/mol. The summed E-state index contributed by atoms with van der Waals surface area (Å²) in [5.74, 6) is 1.80. The van der Waals surface area contributed by atoms with Crippen LogP contribution in [0.5, 0.6) is 0 Å². The Kier molecular flexibility index (Phi) is 2.12. The SMILES string of the molecule is CC[C@H]1C[C@H]1CC(C)O. The van der Waals surface area contributed by atoms with Crippen molar-refractivity contribution >= 4 is 0 Å². The average molecular weight is 128 g/mol. The first kappa shape index (κ1) is 7.07. The van der Waals surface area contributed by atoms with Crippen LogP contribution >= 0.6 is 0 Å². The van der Waals surface area contributed by atoms with Crippen molar-refractivity contribution in [2.75, 3.05) is 0 Å². The summed E-state index contributed by atoms with van der Waals surface area (Å²) in [7, 11) is 0. The van der Waals surface area contributed by atoms with Crippen LogP contribution in [0.2, 0.25) is 0 Å². The highest BCUT2D eigenvalue weighted by Gasteiger charge is 2.35. The first-order valence-electron chi connectivity index (χ1n) is 3.92. The van der Waals surface area contributed by atoms with Crippen molar-refractivity contribution in [2.24, 2.45) is 11.8 Å². The van der Waals surface area contributed by atoms with Gasteiger partial charge < -0.3 is 5.11 Å². The smallest absolute Gasteiger partial charge is 0.0514 e. The second-order valence-electron chi connectivity index (χ2n) is 3.25. The van der Waals surface area contributed by atoms with E-state index < -0.39 is 0 Å². The lowest BCUT2D eigenvalue weighted by Gasteiger charge is -2.00. The molecule has 3 atom stereocenters. The molecule has 0 aliphatic heterocycles. The summed E-state index contributed by atoms with van der Waals surface area (Å²) in [5, 5.41) is 8.98. The summed E-state index contributed by atoms with van der Waals surface area (Å²) in [6.45, 7) is 4.11. The highest BCUT2D eigenvalue weighted by Crippen LogP contribution is 2.43. The predicted molar refractivity (Wildman–Crippen MR) is 38.2 cm³/mol. The normalized spacial score (nSPS) is 36.3. The highest BCUT2D eigenvalue weighted by atomic mass is 16.3. The Morgan fingerprint density at radius 3 is 2.56 bits per heavy atom. The molecule has 1 heteroatoms. The van der Waals surface area contributed by atoms with Crippen LogP contribution < -0.4 is 0 Å². The number of aliphatic hydroxyl groups excluding tert-OH is 1. The highest BCUT2D eigenvalue weighted by molar-refractivity contribution is 4.85. The van der Waals surface area contributed by atoms with Crippen molar-refractivity contribution in [1.82, 2.24) is 0 Å². The van der Waals surface area contributed by atoms with E-state index in [1.165, 1.54) is 12.8 Å². The molecule has 1 rings (SSSR count). The van der Waals surface area contributed by atoms with Gasteiger partial charge in [0.15, 0.2) is 0 Å². The lowest BCUT2D eigenvalue weighted by Crippen LogP contribution is -2.00. The Morgan fingerprint density at radius 1 is 1.56 bits per heavy atom. The average Bonchev–Trinajstić information content (AvgIpc) is 2.45. The molecule has 1 fully saturated rings. The lowest BCUT2D eigenvalue weighted by atomic mass is 10.1. The van der Waals surface area contributed by atoms with Gasteiger partial charge in [-0.25, -0.2) is 0 Å². The van der Waals surface area contributed by atoms with E-state index >= 15 is 0 Å². The maximum atomic E-state index is 8.98. The molecule has 0 bridgehead atoms. The largest absolute Gasteiger partial charge is 0.393 e. The molecule has 1 unspecified atom stereocenters. The molecule has 1 aliphatic carbocycles. The third kappa shape index (κ3) is 1.98. The van der Waals surface area contributed by atoms with Gasteiger partial charge in [-0.15, -0.1) is 0 Å². The summed E-state index contributed by atoms with van der Waals surface area (Å²) in [5.41, 5.74) is 0. The van der Waals surface area contributed by atoms with Gasteiger partial charge in [-0.2, -0.15) is 0 Å². The Bertz CT molecular complexity index is 88.6. The lowest BCUT2D eigenvalue weighted by molar-refractivity contribution is 0.175. The zero-order chi connectivity index (χ0) is 6.85. The Labute approximate surface area is 57.1 Å². The molecule has 0 aromatic rings. The van der Waals surface area contributed by atoms with Gasteiger partial charge in [0, 0.05) is 0 Å². The Hall–Kier alpha value is -0.0400. The van der Waals surface area contributed by atoms with E-state index in [1.807, 2.05) is 6.92 Å². The van der Waals surface area contributed by atoms with Crippen molar-refractivity contribution in [3.8, 4) is 0 Å². The number of aliphatic hydroxyl groups is 1. The van der Waals surface area contributed by atoms with Gasteiger partial charge in [0.2, 0.25) is 0 Å². The van der Waals surface area contributed by atoms with Crippen molar-refractivity contribution in [2.45, 2.75) is 39.2 Å². The third-order valence-corrected chi connectivity index (χ3v) is 2.24. The van der Waals surface area contributed by atoms with E-state index in [0.29, 0.717) is 0 Å². The first-order chi connectivity index (χ1) is 4.24. The number of hydrogen-bond donors (Lipinski definition) is 1. The van der Waals surface area contributed by atoms with Crippen LogP contribution in [0.3, 0.4) is 0 Å². The molecule has 0 saturated heterocycles. The minimum atomic E-state index is -0.0773. The summed E-state index contributed by atoms with van der Waals surface area (Å²) in [6, 6.07) is 0. The van der Waals surface area contributed by atoms with Gasteiger partial charge >= 0.3 is 0 Å². The minimum Gasteiger partial charge on any atom is -0.393 e. The maximum absolute atomic E-state index is 8.98.